The van der Waals surface area contributed by atoms with Gasteiger partial charge < -0.3 is 14.2 Å². The molecule has 4 rings (SSSR count). The number of hydrogen-bond donors (Lipinski definition) is 0. The first-order valence-electron chi connectivity index (χ1n) is 7.23. The summed E-state index contributed by atoms with van der Waals surface area (Å²) in [6.07, 6.45) is 1.90. The second kappa shape index (κ2) is 4.70. The molecule has 1 aliphatic heterocycles. The maximum absolute atomic E-state index is 14.1. The SMILES string of the molecule is CN1CCN(c2nc3cccc(F)c3n3cccc23)CC1. The summed E-state index contributed by atoms with van der Waals surface area (Å²) in [6, 6.07) is 9.03. The maximum atomic E-state index is 14.1. The molecule has 0 radical (unpaired) electrons. The van der Waals surface area contributed by atoms with Crippen LogP contribution in [-0.2, 0) is 0 Å². The van der Waals surface area contributed by atoms with E-state index in [1.807, 2.05) is 28.8 Å². The van der Waals surface area contributed by atoms with Gasteiger partial charge in [-0.2, -0.15) is 0 Å². The van der Waals surface area contributed by atoms with E-state index in [0.717, 1.165) is 37.5 Å². The lowest BCUT2D eigenvalue weighted by Crippen LogP contribution is -2.45. The molecule has 1 saturated heterocycles. The lowest BCUT2D eigenvalue weighted by Gasteiger charge is -2.33. The van der Waals surface area contributed by atoms with Gasteiger partial charge in [-0.15, -0.1) is 0 Å². The Bertz CT molecular complexity index is 802. The van der Waals surface area contributed by atoms with Crippen molar-refractivity contribution in [1.29, 1.82) is 0 Å². The summed E-state index contributed by atoms with van der Waals surface area (Å²) >= 11 is 0. The highest BCUT2D eigenvalue weighted by Crippen LogP contribution is 2.27. The molecule has 1 aliphatic rings. The number of anilines is 1. The third-order valence-corrected chi connectivity index (χ3v) is 4.21. The Labute approximate surface area is 122 Å². The van der Waals surface area contributed by atoms with Gasteiger partial charge in [0, 0.05) is 32.4 Å². The van der Waals surface area contributed by atoms with Gasteiger partial charge >= 0.3 is 0 Å². The van der Waals surface area contributed by atoms with Crippen molar-refractivity contribution in [3.63, 3.8) is 0 Å². The smallest absolute Gasteiger partial charge is 0.153 e. The predicted octanol–water partition coefficient (Wildman–Crippen LogP) is 2.38. The first-order chi connectivity index (χ1) is 10.2. The van der Waals surface area contributed by atoms with E-state index in [2.05, 4.69) is 16.8 Å². The van der Waals surface area contributed by atoms with E-state index in [9.17, 15) is 4.39 Å². The molecule has 5 heteroatoms. The van der Waals surface area contributed by atoms with Gasteiger partial charge in [0.05, 0.1) is 11.0 Å². The lowest BCUT2D eigenvalue weighted by molar-refractivity contribution is 0.312. The minimum atomic E-state index is -0.230. The second-order valence-corrected chi connectivity index (χ2v) is 5.60. The van der Waals surface area contributed by atoms with Gasteiger partial charge in [0.2, 0.25) is 0 Å². The highest BCUT2D eigenvalue weighted by Gasteiger charge is 2.19. The molecule has 4 nitrogen and oxygen atoms in total. The topological polar surface area (TPSA) is 23.8 Å². The van der Waals surface area contributed by atoms with Crippen LogP contribution in [0.5, 0.6) is 0 Å². The molecule has 2 aromatic heterocycles. The maximum Gasteiger partial charge on any atom is 0.153 e. The molecule has 21 heavy (non-hydrogen) atoms. The molecule has 1 aromatic carbocycles. The minimum Gasteiger partial charge on any atom is -0.352 e. The first-order valence-corrected chi connectivity index (χ1v) is 7.23. The van der Waals surface area contributed by atoms with Crippen molar-refractivity contribution in [3.8, 4) is 0 Å². The molecule has 0 bridgehead atoms. The summed E-state index contributed by atoms with van der Waals surface area (Å²) in [5.74, 6) is 0.720. The van der Waals surface area contributed by atoms with Gasteiger partial charge in [0.25, 0.3) is 0 Å². The number of halogens is 1. The molecular formula is C16H17FN4. The molecule has 0 saturated carbocycles. The summed E-state index contributed by atoms with van der Waals surface area (Å²) in [5, 5.41) is 0. The molecule has 0 amide bonds. The normalized spacial score (nSPS) is 17.0. The van der Waals surface area contributed by atoms with Gasteiger partial charge in [0.1, 0.15) is 11.3 Å². The van der Waals surface area contributed by atoms with Crippen molar-refractivity contribution < 1.29 is 4.39 Å². The van der Waals surface area contributed by atoms with Crippen molar-refractivity contribution in [2.45, 2.75) is 0 Å². The van der Waals surface area contributed by atoms with Crippen LogP contribution >= 0.6 is 0 Å². The van der Waals surface area contributed by atoms with Gasteiger partial charge in [-0.3, -0.25) is 0 Å². The van der Waals surface area contributed by atoms with Crippen molar-refractivity contribution in [3.05, 3.63) is 42.3 Å². The Morgan fingerprint density at radius 3 is 2.67 bits per heavy atom. The lowest BCUT2D eigenvalue weighted by atomic mass is 10.2. The fourth-order valence-corrected chi connectivity index (χ4v) is 3.01. The van der Waals surface area contributed by atoms with E-state index in [1.54, 1.807) is 6.07 Å². The highest BCUT2D eigenvalue weighted by atomic mass is 19.1. The van der Waals surface area contributed by atoms with Crippen LogP contribution in [0.1, 0.15) is 0 Å². The van der Waals surface area contributed by atoms with E-state index in [-0.39, 0.29) is 5.82 Å². The van der Waals surface area contributed by atoms with Crippen LogP contribution in [0.4, 0.5) is 10.2 Å². The Hall–Kier alpha value is -2.14. The Kier molecular flexibility index (Phi) is 2.82. The molecule has 0 aliphatic carbocycles. The Morgan fingerprint density at radius 1 is 1.05 bits per heavy atom. The molecule has 1 fully saturated rings. The zero-order chi connectivity index (χ0) is 14.4. The average Bonchev–Trinajstić information content (AvgIpc) is 2.96. The van der Waals surface area contributed by atoms with Crippen LogP contribution in [0, 0.1) is 5.82 Å². The van der Waals surface area contributed by atoms with Gasteiger partial charge in [-0.1, -0.05) is 6.07 Å². The molecule has 3 aromatic rings. The molecule has 0 unspecified atom stereocenters. The summed E-state index contributed by atoms with van der Waals surface area (Å²) in [5.41, 5.74) is 2.22. The first kappa shape index (κ1) is 12.6. The fraction of sp³-hybridized carbons (Fsp3) is 0.312. The third-order valence-electron chi connectivity index (χ3n) is 4.21. The third kappa shape index (κ3) is 1.96. The zero-order valence-corrected chi connectivity index (χ0v) is 12.0. The highest BCUT2D eigenvalue weighted by molar-refractivity contribution is 5.85. The van der Waals surface area contributed by atoms with Gasteiger partial charge in [-0.25, -0.2) is 9.37 Å². The molecule has 0 N–H and O–H groups in total. The number of hydrogen-bond acceptors (Lipinski definition) is 3. The van der Waals surface area contributed by atoms with E-state index >= 15 is 0 Å². The number of para-hydroxylation sites is 1. The molecular weight excluding hydrogens is 267 g/mol. The molecule has 3 heterocycles. The fourth-order valence-electron chi connectivity index (χ4n) is 3.01. The summed E-state index contributed by atoms with van der Waals surface area (Å²) < 4.78 is 16.0. The number of likely N-dealkylation sites (N-methyl/N-ethyl adjacent to an activating group) is 1. The van der Waals surface area contributed by atoms with E-state index in [0.29, 0.717) is 11.0 Å². The summed E-state index contributed by atoms with van der Waals surface area (Å²) in [7, 11) is 2.13. The van der Waals surface area contributed by atoms with Gasteiger partial charge in [0.15, 0.2) is 5.82 Å². The monoisotopic (exact) mass is 284 g/mol. The van der Waals surface area contributed by atoms with E-state index < -0.39 is 0 Å². The molecule has 0 spiro atoms. The quantitative estimate of drug-likeness (QED) is 0.685. The predicted molar refractivity (Wildman–Crippen MR) is 82.4 cm³/mol. The van der Waals surface area contributed by atoms with E-state index in [1.165, 1.54) is 6.07 Å². The molecule has 108 valence electrons. The summed E-state index contributed by atoms with van der Waals surface area (Å²) in [6.45, 7) is 3.95. The van der Waals surface area contributed by atoms with Gasteiger partial charge in [-0.05, 0) is 31.3 Å². The van der Waals surface area contributed by atoms with Crippen molar-refractivity contribution in [1.82, 2.24) is 14.3 Å². The van der Waals surface area contributed by atoms with Crippen LogP contribution in [0.15, 0.2) is 36.5 Å². The second-order valence-electron chi connectivity index (χ2n) is 5.60. The number of benzene rings is 1. The minimum absolute atomic E-state index is 0.230. The standard InChI is InChI=1S/C16H17FN4/c1-19-8-10-20(11-9-19)16-14-6-3-7-21(14)15-12(17)4-2-5-13(15)18-16/h2-7H,8-11H2,1H3. The van der Waals surface area contributed by atoms with Crippen molar-refractivity contribution >= 4 is 22.4 Å². The summed E-state index contributed by atoms with van der Waals surface area (Å²) in [4.78, 5) is 9.34. The Balaban J connectivity index is 1.94. The van der Waals surface area contributed by atoms with Crippen LogP contribution in [0.25, 0.3) is 16.6 Å². The number of aromatic nitrogens is 2. The number of fused-ring (bicyclic) bond motifs is 3. The van der Waals surface area contributed by atoms with Crippen LogP contribution < -0.4 is 4.90 Å². The number of rotatable bonds is 1. The molecule has 0 atom stereocenters. The number of nitrogens with zero attached hydrogens (tertiary/aromatic N) is 4. The average molecular weight is 284 g/mol. The van der Waals surface area contributed by atoms with Crippen LogP contribution in [0.3, 0.4) is 0 Å². The van der Waals surface area contributed by atoms with Crippen LogP contribution in [-0.4, -0.2) is 47.5 Å². The van der Waals surface area contributed by atoms with E-state index in [4.69, 9.17) is 4.98 Å². The zero-order valence-electron chi connectivity index (χ0n) is 12.0. The Morgan fingerprint density at radius 2 is 1.86 bits per heavy atom. The van der Waals surface area contributed by atoms with Crippen molar-refractivity contribution in [2.75, 3.05) is 38.1 Å². The number of piperazine rings is 1. The van der Waals surface area contributed by atoms with Crippen LogP contribution in [0.2, 0.25) is 0 Å². The van der Waals surface area contributed by atoms with Crippen molar-refractivity contribution in [2.24, 2.45) is 0 Å². The largest absolute Gasteiger partial charge is 0.352 e.